The van der Waals surface area contributed by atoms with E-state index in [1.165, 1.54) is 5.56 Å². The number of benzene rings is 1. The molecule has 3 rings (SSSR count). The van der Waals surface area contributed by atoms with Crippen molar-refractivity contribution in [1.29, 1.82) is 0 Å². The summed E-state index contributed by atoms with van der Waals surface area (Å²) >= 11 is 0. The van der Waals surface area contributed by atoms with Gasteiger partial charge in [0.05, 0.1) is 6.54 Å². The summed E-state index contributed by atoms with van der Waals surface area (Å²) in [5, 5.41) is 4.09. The van der Waals surface area contributed by atoms with E-state index in [0.29, 0.717) is 13.1 Å². The number of carbonyl (C=O) groups is 1. The number of nitrogens with zero attached hydrogens (tertiary/aromatic N) is 5. The second-order valence-corrected chi connectivity index (χ2v) is 6.44. The van der Waals surface area contributed by atoms with Crippen LogP contribution in [0.25, 0.3) is 0 Å². The molecule has 1 aromatic carbocycles. The number of piperazine rings is 1. The summed E-state index contributed by atoms with van der Waals surface area (Å²) in [6.07, 6.45) is 1.57. The first kappa shape index (κ1) is 17.4. The number of amides is 1. The van der Waals surface area contributed by atoms with E-state index < -0.39 is 0 Å². The van der Waals surface area contributed by atoms with Gasteiger partial charge in [0, 0.05) is 33.2 Å². The van der Waals surface area contributed by atoms with Gasteiger partial charge in [-0.3, -0.25) is 14.4 Å². The van der Waals surface area contributed by atoms with Crippen LogP contribution in [0.4, 0.5) is 0 Å². The Morgan fingerprint density at radius 2 is 1.96 bits per heavy atom. The van der Waals surface area contributed by atoms with Crippen molar-refractivity contribution in [2.75, 3.05) is 32.8 Å². The van der Waals surface area contributed by atoms with Gasteiger partial charge < -0.3 is 9.64 Å². The van der Waals surface area contributed by atoms with E-state index in [4.69, 9.17) is 4.74 Å². The molecule has 0 saturated carbocycles. The van der Waals surface area contributed by atoms with Crippen LogP contribution in [0.5, 0.6) is 5.75 Å². The van der Waals surface area contributed by atoms with Gasteiger partial charge in [0.1, 0.15) is 17.9 Å². The molecular formula is C18H25N5O2. The summed E-state index contributed by atoms with van der Waals surface area (Å²) in [5.74, 6) is 1.77. The molecule has 7 heteroatoms. The minimum atomic E-state index is 0.0409. The molecule has 2 aromatic rings. The van der Waals surface area contributed by atoms with Crippen molar-refractivity contribution in [2.24, 2.45) is 7.05 Å². The molecule has 0 atom stereocenters. The van der Waals surface area contributed by atoms with Gasteiger partial charge in [-0.15, -0.1) is 0 Å². The summed E-state index contributed by atoms with van der Waals surface area (Å²) in [5.41, 5.74) is 2.26. The van der Waals surface area contributed by atoms with Gasteiger partial charge in [-0.1, -0.05) is 12.1 Å². The molecule has 0 spiro atoms. The van der Waals surface area contributed by atoms with E-state index >= 15 is 0 Å². The average Bonchev–Trinajstić information content (AvgIpc) is 3.01. The fourth-order valence-electron chi connectivity index (χ4n) is 2.93. The molecule has 0 N–H and O–H groups in total. The molecule has 2 heterocycles. The quantitative estimate of drug-likeness (QED) is 0.815. The van der Waals surface area contributed by atoms with Crippen LogP contribution in [0.1, 0.15) is 17.0 Å². The van der Waals surface area contributed by atoms with Gasteiger partial charge in [-0.2, -0.15) is 5.10 Å². The minimum Gasteiger partial charge on any atom is -0.483 e. The maximum Gasteiger partial charge on any atom is 0.260 e. The van der Waals surface area contributed by atoms with Crippen LogP contribution in [-0.4, -0.2) is 63.3 Å². The van der Waals surface area contributed by atoms with Crippen LogP contribution in [0.3, 0.4) is 0 Å². The molecule has 0 unspecified atom stereocenters. The number of rotatable bonds is 5. The van der Waals surface area contributed by atoms with Crippen LogP contribution in [0.2, 0.25) is 0 Å². The second-order valence-electron chi connectivity index (χ2n) is 6.44. The molecule has 134 valence electrons. The SMILES string of the molecule is Cc1cccc(OCC(=O)N2CCN(Cc3ncnn3C)CC2)c1C. The molecule has 1 aliphatic heterocycles. The highest BCUT2D eigenvalue weighted by Crippen LogP contribution is 2.20. The Kier molecular flexibility index (Phi) is 5.33. The lowest BCUT2D eigenvalue weighted by atomic mass is 10.1. The Bertz CT molecular complexity index is 735. The summed E-state index contributed by atoms with van der Waals surface area (Å²) in [6.45, 7) is 8.01. The van der Waals surface area contributed by atoms with Crippen molar-refractivity contribution in [3.05, 3.63) is 41.5 Å². The largest absolute Gasteiger partial charge is 0.483 e. The van der Waals surface area contributed by atoms with Crippen molar-refractivity contribution in [1.82, 2.24) is 24.6 Å². The van der Waals surface area contributed by atoms with Crippen molar-refractivity contribution in [2.45, 2.75) is 20.4 Å². The fraction of sp³-hybridized carbons (Fsp3) is 0.500. The van der Waals surface area contributed by atoms with Gasteiger partial charge in [0.25, 0.3) is 5.91 Å². The highest BCUT2D eigenvalue weighted by Gasteiger charge is 2.22. The third kappa shape index (κ3) is 4.17. The smallest absolute Gasteiger partial charge is 0.260 e. The summed E-state index contributed by atoms with van der Waals surface area (Å²) in [7, 11) is 1.90. The predicted octanol–water partition coefficient (Wildman–Crippen LogP) is 1.16. The molecule has 1 saturated heterocycles. The van der Waals surface area contributed by atoms with Crippen LogP contribution >= 0.6 is 0 Å². The number of hydrogen-bond donors (Lipinski definition) is 0. The highest BCUT2D eigenvalue weighted by molar-refractivity contribution is 5.78. The molecule has 0 aliphatic carbocycles. The van der Waals surface area contributed by atoms with Crippen LogP contribution in [0, 0.1) is 13.8 Å². The standard InChI is InChI=1S/C18H25N5O2/c1-14-5-4-6-16(15(14)2)25-12-18(24)23-9-7-22(8-10-23)11-17-19-13-20-21(17)3/h4-6,13H,7-12H2,1-3H3. The predicted molar refractivity (Wildman–Crippen MR) is 94.3 cm³/mol. The molecule has 1 fully saturated rings. The van der Waals surface area contributed by atoms with Gasteiger partial charge >= 0.3 is 0 Å². The highest BCUT2D eigenvalue weighted by atomic mass is 16.5. The summed E-state index contributed by atoms with van der Waals surface area (Å²) < 4.78 is 7.52. The Morgan fingerprint density at radius 3 is 2.64 bits per heavy atom. The number of ether oxygens (including phenoxy) is 1. The van der Waals surface area contributed by atoms with E-state index in [9.17, 15) is 4.79 Å². The zero-order valence-corrected chi connectivity index (χ0v) is 15.1. The normalized spacial score (nSPS) is 15.4. The van der Waals surface area contributed by atoms with Crippen molar-refractivity contribution in [3.8, 4) is 5.75 Å². The zero-order chi connectivity index (χ0) is 17.8. The van der Waals surface area contributed by atoms with Crippen LogP contribution in [0.15, 0.2) is 24.5 Å². The van der Waals surface area contributed by atoms with E-state index in [-0.39, 0.29) is 12.5 Å². The van der Waals surface area contributed by atoms with E-state index in [0.717, 1.165) is 36.8 Å². The molecule has 1 aliphatic rings. The molecule has 0 bridgehead atoms. The molecular weight excluding hydrogens is 318 g/mol. The third-order valence-corrected chi connectivity index (χ3v) is 4.80. The Hall–Kier alpha value is -2.41. The minimum absolute atomic E-state index is 0.0409. The monoisotopic (exact) mass is 343 g/mol. The van der Waals surface area contributed by atoms with E-state index in [2.05, 4.69) is 15.0 Å². The Balaban J connectivity index is 1.47. The van der Waals surface area contributed by atoms with Gasteiger partial charge in [-0.25, -0.2) is 4.98 Å². The van der Waals surface area contributed by atoms with Crippen molar-refractivity contribution < 1.29 is 9.53 Å². The summed E-state index contributed by atoms with van der Waals surface area (Å²) in [6, 6.07) is 5.90. The van der Waals surface area contributed by atoms with Gasteiger partial charge in [0.2, 0.25) is 0 Å². The first-order chi connectivity index (χ1) is 12.0. The zero-order valence-electron chi connectivity index (χ0n) is 15.1. The molecule has 25 heavy (non-hydrogen) atoms. The molecule has 7 nitrogen and oxygen atoms in total. The van der Waals surface area contributed by atoms with E-state index in [1.807, 2.05) is 44.0 Å². The maximum absolute atomic E-state index is 12.4. The number of hydrogen-bond acceptors (Lipinski definition) is 5. The van der Waals surface area contributed by atoms with Crippen molar-refractivity contribution >= 4 is 5.91 Å². The van der Waals surface area contributed by atoms with Crippen molar-refractivity contribution in [3.63, 3.8) is 0 Å². The average molecular weight is 343 g/mol. The lowest BCUT2D eigenvalue weighted by molar-refractivity contribution is -0.135. The number of carbonyl (C=O) groups excluding carboxylic acids is 1. The molecule has 1 aromatic heterocycles. The number of aromatic nitrogens is 3. The lowest BCUT2D eigenvalue weighted by Crippen LogP contribution is -2.49. The van der Waals surface area contributed by atoms with Crippen LogP contribution in [-0.2, 0) is 18.4 Å². The summed E-state index contributed by atoms with van der Waals surface area (Å²) in [4.78, 5) is 20.8. The maximum atomic E-state index is 12.4. The first-order valence-electron chi connectivity index (χ1n) is 8.56. The molecule has 1 amide bonds. The second kappa shape index (κ2) is 7.65. The Labute approximate surface area is 148 Å². The molecule has 0 radical (unpaired) electrons. The third-order valence-electron chi connectivity index (χ3n) is 4.80. The lowest BCUT2D eigenvalue weighted by Gasteiger charge is -2.34. The van der Waals surface area contributed by atoms with Gasteiger partial charge in [0.15, 0.2) is 6.61 Å². The van der Waals surface area contributed by atoms with Crippen LogP contribution < -0.4 is 4.74 Å². The Morgan fingerprint density at radius 1 is 1.20 bits per heavy atom. The first-order valence-corrected chi connectivity index (χ1v) is 8.56. The fourth-order valence-corrected chi connectivity index (χ4v) is 2.93. The topological polar surface area (TPSA) is 63.5 Å². The van der Waals surface area contributed by atoms with Gasteiger partial charge in [-0.05, 0) is 31.0 Å². The van der Waals surface area contributed by atoms with E-state index in [1.54, 1.807) is 11.0 Å². The number of aryl methyl sites for hydroxylation is 2.